The molecule has 1 fully saturated rings. The third-order valence-electron chi connectivity index (χ3n) is 4.30. The van der Waals surface area contributed by atoms with Crippen molar-refractivity contribution in [3.63, 3.8) is 0 Å². The molecule has 2 aromatic rings. The third kappa shape index (κ3) is 2.88. The van der Waals surface area contributed by atoms with Gasteiger partial charge in [-0.25, -0.2) is 0 Å². The van der Waals surface area contributed by atoms with E-state index in [4.69, 9.17) is 4.98 Å². The van der Waals surface area contributed by atoms with Gasteiger partial charge in [0.25, 0.3) is 0 Å². The lowest BCUT2D eigenvalue weighted by molar-refractivity contribution is 0.590. The summed E-state index contributed by atoms with van der Waals surface area (Å²) in [6, 6.07) is 8.94. The Hall–Kier alpha value is -1.61. The predicted molar refractivity (Wildman–Crippen MR) is 90.2 cm³/mol. The molecule has 0 spiro atoms. The van der Waals surface area contributed by atoms with Crippen molar-refractivity contribution in [2.24, 2.45) is 0 Å². The normalized spacial score (nSPS) is 15.6. The molecule has 1 aromatic heterocycles. The van der Waals surface area contributed by atoms with Crippen LogP contribution in [0.15, 0.2) is 24.3 Å². The number of para-hydroxylation sites is 1. The molecule has 3 rings (SSSR count). The number of fused-ring (bicyclic) bond motifs is 1. The van der Waals surface area contributed by atoms with Gasteiger partial charge in [0.05, 0.1) is 5.52 Å². The quantitative estimate of drug-likeness (QED) is 0.934. The minimum atomic E-state index is 1.04. The van der Waals surface area contributed by atoms with Crippen LogP contribution in [0.25, 0.3) is 10.9 Å². The Kier molecular flexibility index (Phi) is 4.39. The van der Waals surface area contributed by atoms with E-state index in [9.17, 15) is 0 Å². The van der Waals surface area contributed by atoms with E-state index in [0.717, 1.165) is 45.4 Å². The summed E-state index contributed by atoms with van der Waals surface area (Å²) in [5.74, 6) is 0. The Morgan fingerprint density at radius 3 is 2.71 bits per heavy atom. The summed E-state index contributed by atoms with van der Waals surface area (Å²) in [7, 11) is 0. The SMILES string of the molecule is CCCc1cc(N2CCNCC2)c2cccc(CC)c2n1. The number of rotatable bonds is 4. The molecule has 1 aliphatic heterocycles. The Balaban J connectivity index is 2.15. The van der Waals surface area contributed by atoms with E-state index in [1.54, 1.807) is 0 Å². The number of anilines is 1. The van der Waals surface area contributed by atoms with Crippen molar-refractivity contribution in [3.05, 3.63) is 35.5 Å². The molecule has 1 aromatic carbocycles. The first-order chi connectivity index (χ1) is 10.3. The number of benzene rings is 1. The highest BCUT2D eigenvalue weighted by Crippen LogP contribution is 2.29. The van der Waals surface area contributed by atoms with Gasteiger partial charge in [-0.3, -0.25) is 4.98 Å². The monoisotopic (exact) mass is 283 g/mol. The van der Waals surface area contributed by atoms with Gasteiger partial charge >= 0.3 is 0 Å². The third-order valence-corrected chi connectivity index (χ3v) is 4.30. The van der Waals surface area contributed by atoms with Crippen LogP contribution in [0.2, 0.25) is 0 Å². The zero-order chi connectivity index (χ0) is 14.7. The molecule has 1 aliphatic rings. The highest BCUT2D eigenvalue weighted by molar-refractivity contribution is 5.94. The molecule has 1 saturated heterocycles. The van der Waals surface area contributed by atoms with E-state index in [-0.39, 0.29) is 0 Å². The lowest BCUT2D eigenvalue weighted by Gasteiger charge is -2.31. The van der Waals surface area contributed by atoms with Crippen LogP contribution in [0.5, 0.6) is 0 Å². The first-order valence-electron chi connectivity index (χ1n) is 8.20. The maximum atomic E-state index is 4.95. The molecule has 0 atom stereocenters. The van der Waals surface area contributed by atoms with Gasteiger partial charge in [-0.1, -0.05) is 38.5 Å². The van der Waals surface area contributed by atoms with Crippen molar-refractivity contribution in [2.75, 3.05) is 31.1 Å². The van der Waals surface area contributed by atoms with E-state index >= 15 is 0 Å². The topological polar surface area (TPSA) is 28.2 Å². The highest BCUT2D eigenvalue weighted by atomic mass is 15.2. The molecule has 21 heavy (non-hydrogen) atoms. The molecule has 112 valence electrons. The maximum Gasteiger partial charge on any atom is 0.0757 e. The molecule has 0 radical (unpaired) electrons. The first-order valence-corrected chi connectivity index (χ1v) is 8.20. The molecule has 0 saturated carbocycles. The number of aryl methyl sites for hydroxylation is 2. The highest BCUT2D eigenvalue weighted by Gasteiger charge is 2.16. The van der Waals surface area contributed by atoms with Gasteiger partial charge in [-0.15, -0.1) is 0 Å². The fourth-order valence-electron chi connectivity index (χ4n) is 3.18. The number of piperazine rings is 1. The molecule has 0 aliphatic carbocycles. The van der Waals surface area contributed by atoms with E-state index in [1.165, 1.54) is 27.8 Å². The molecule has 2 heterocycles. The summed E-state index contributed by atoms with van der Waals surface area (Å²) >= 11 is 0. The van der Waals surface area contributed by atoms with Gasteiger partial charge in [0, 0.05) is 42.9 Å². The van der Waals surface area contributed by atoms with Crippen molar-refractivity contribution >= 4 is 16.6 Å². The predicted octanol–water partition coefficient (Wildman–Crippen LogP) is 3.16. The van der Waals surface area contributed by atoms with Crippen molar-refractivity contribution in [1.82, 2.24) is 10.3 Å². The second-order valence-electron chi connectivity index (χ2n) is 5.79. The van der Waals surface area contributed by atoms with Crippen molar-refractivity contribution in [1.29, 1.82) is 0 Å². The van der Waals surface area contributed by atoms with Crippen molar-refractivity contribution in [2.45, 2.75) is 33.1 Å². The smallest absolute Gasteiger partial charge is 0.0757 e. The summed E-state index contributed by atoms with van der Waals surface area (Å²) in [5, 5.41) is 4.75. The fourth-order valence-corrected chi connectivity index (χ4v) is 3.18. The largest absolute Gasteiger partial charge is 0.368 e. The minimum Gasteiger partial charge on any atom is -0.368 e. The summed E-state index contributed by atoms with van der Waals surface area (Å²) in [4.78, 5) is 7.46. The second kappa shape index (κ2) is 6.44. The minimum absolute atomic E-state index is 1.04. The van der Waals surface area contributed by atoms with Crippen LogP contribution in [0.4, 0.5) is 5.69 Å². The zero-order valence-electron chi connectivity index (χ0n) is 13.2. The summed E-state index contributed by atoms with van der Waals surface area (Å²) in [5.41, 5.74) is 5.18. The van der Waals surface area contributed by atoms with Crippen LogP contribution >= 0.6 is 0 Å². The number of nitrogens with zero attached hydrogens (tertiary/aromatic N) is 2. The van der Waals surface area contributed by atoms with Gasteiger partial charge in [-0.2, -0.15) is 0 Å². The van der Waals surface area contributed by atoms with Crippen molar-refractivity contribution in [3.8, 4) is 0 Å². The van der Waals surface area contributed by atoms with Crippen molar-refractivity contribution < 1.29 is 0 Å². The lowest BCUT2D eigenvalue weighted by Crippen LogP contribution is -2.43. The number of nitrogens with one attached hydrogen (secondary N) is 1. The number of hydrogen-bond acceptors (Lipinski definition) is 3. The van der Waals surface area contributed by atoms with Crippen LogP contribution < -0.4 is 10.2 Å². The summed E-state index contributed by atoms with van der Waals surface area (Å²) in [6.07, 6.45) is 3.25. The van der Waals surface area contributed by atoms with Crippen LogP contribution in [0, 0.1) is 0 Å². The average Bonchev–Trinajstić information content (AvgIpc) is 2.54. The Morgan fingerprint density at radius 2 is 2.00 bits per heavy atom. The standard InChI is InChI=1S/C18H25N3/c1-3-6-15-13-17(21-11-9-19-10-12-21)16-8-5-7-14(4-2)18(16)20-15/h5,7-8,13,19H,3-4,6,9-12H2,1-2H3. The average molecular weight is 283 g/mol. The molecule has 1 N–H and O–H groups in total. The van der Waals surface area contributed by atoms with E-state index in [1.807, 2.05) is 0 Å². The van der Waals surface area contributed by atoms with Crippen LogP contribution in [-0.2, 0) is 12.8 Å². The summed E-state index contributed by atoms with van der Waals surface area (Å²) < 4.78 is 0. The fraction of sp³-hybridized carbons (Fsp3) is 0.500. The molecule has 3 heteroatoms. The number of pyridine rings is 1. The van der Waals surface area contributed by atoms with E-state index in [2.05, 4.69) is 48.3 Å². The van der Waals surface area contributed by atoms with Gasteiger partial charge in [0.1, 0.15) is 0 Å². The number of aromatic nitrogens is 1. The molecular formula is C18H25N3. The van der Waals surface area contributed by atoms with Crippen LogP contribution in [0.1, 0.15) is 31.5 Å². The van der Waals surface area contributed by atoms with Crippen LogP contribution in [-0.4, -0.2) is 31.2 Å². The number of hydrogen-bond donors (Lipinski definition) is 1. The summed E-state index contributed by atoms with van der Waals surface area (Å²) in [6.45, 7) is 8.75. The maximum absolute atomic E-state index is 4.95. The molecule has 0 unspecified atom stereocenters. The first kappa shape index (κ1) is 14.3. The lowest BCUT2D eigenvalue weighted by atomic mass is 10.0. The van der Waals surface area contributed by atoms with Crippen LogP contribution in [0.3, 0.4) is 0 Å². The van der Waals surface area contributed by atoms with Gasteiger partial charge in [0.15, 0.2) is 0 Å². The second-order valence-corrected chi connectivity index (χ2v) is 5.79. The Morgan fingerprint density at radius 1 is 1.19 bits per heavy atom. The Labute approximate surface area is 127 Å². The Bertz CT molecular complexity index is 615. The van der Waals surface area contributed by atoms with Gasteiger partial charge in [-0.05, 0) is 24.5 Å². The van der Waals surface area contributed by atoms with E-state index in [0.29, 0.717) is 0 Å². The molecule has 0 bridgehead atoms. The van der Waals surface area contributed by atoms with Gasteiger partial charge < -0.3 is 10.2 Å². The van der Waals surface area contributed by atoms with E-state index < -0.39 is 0 Å². The molecule has 0 amide bonds. The molecule has 3 nitrogen and oxygen atoms in total. The molecular weight excluding hydrogens is 258 g/mol. The zero-order valence-corrected chi connectivity index (χ0v) is 13.2. The van der Waals surface area contributed by atoms with Gasteiger partial charge in [0.2, 0.25) is 0 Å².